The third-order valence-electron chi connectivity index (χ3n) is 2.63. The molecule has 6 nitrogen and oxygen atoms in total. The van der Waals surface area contributed by atoms with E-state index in [0.29, 0.717) is 19.5 Å². The molecule has 116 valence electrons. The number of hydrogen-bond acceptors (Lipinski definition) is 3. The zero-order valence-corrected chi connectivity index (χ0v) is 12.5. The van der Waals surface area contributed by atoms with Crippen LogP contribution in [-0.2, 0) is 11.3 Å². The summed E-state index contributed by atoms with van der Waals surface area (Å²) in [5.74, 6) is 0.450. The third kappa shape index (κ3) is 7.81. The number of primary amides is 1. The van der Waals surface area contributed by atoms with Crippen molar-refractivity contribution in [2.75, 3.05) is 6.54 Å². The number of nitrogens with one attached hydrogen (secondary N) is 2. The molecular weight excluding hydrogens is 270 g/mol. The minimum Gasteiger partial charge on any atom is -0.491 e. The molecule has 0 fully saturated rings. The lowest BCUT2D eigenvalue weighted by molar-refractivity contribution is -0.118. The first-order valence-electron chi connectivity index (χ1n) is 7.03. The molecule has 0 aliphatic heterocycles. The Bertz CT molecular complexity index is 458. The Morgan fingerprint density at radius 1 is 1.19 bits per heavy atom. The molecule has 0 unspecified atom stereocenters. The molecule has 4 N–H and O–H groups in total. The molecule has 1 rings (SSSR count). The van der Waals surface area contributed by atoms with Crippen molar-refractivity contribution >= 4 is 11.9 Å². The predicted molar refractivity (Wildman–Crippen MR) is 80.9 cm³/mol. The van der Waals surface area contributed by atoms with Gasteiger partial charge in [-0.1, -0.05) is 12.1 Å². The van der Waals surface area contributed by atoms with Crippen LogP contribution in [0.3, 0.4) is 0 Å². The van der Waals surface area contributed by atoms with Crippen molar-refractivity contribution in [2.24, 2.45) is 5.73 Å². The number of urea groups is 1. The fraction of sp³-hybridized carbons (Fsp3) is 0.467. The Morgan fingerprint density at radius 3 is 2.43 bits per heavy atom. The van der Waals surface area contributed by atoms with Gasteiger partial charge >= 0.3 is 6.03 Å². The van der Waals surface area contributed by atoms with E-state index < -0.39 is 0 Å². The number of carbonyl (C=O) groups excluding carboxylic acids is 2. The molecule has 21 heavy (non-hydrogen) atoms. The topological polar surface area (TPSA) is 93.4 Å². The highest BCUT2D eigenvalue weighted by Gasteiger charge is 2.02. The van der Waals surface area contributed by atoms with E-state index in [1.807, 2.05) is 38.1 Å². The second-order valence-corrected chi connectivity index (χ2v) is 4.99. The molecule has 0 aliphatic carbocycles. The summed E-state index contributed by atoms with van der Waals surface area (Å²) < 4.78 is 5.54. The molecule has 1 aromatic carbocycles. The quantitative estimate of drug-likeness (QED) is 0.635. The van der Waals surface area contributed by atoms with Crippen molar-refractivity contribution in [3.63, 3.8) is 0 Å². The largest absolute Gasteiger partial charge is 0.491 e. The van der Waals surface area contributed by atoms with E-state index in [1.165, 1.54) is 0 Å². The maximum Gasteiger partial charge on any atom is 0.315 e. The molecule has 0 spiro atoms. The Morgan fingerprint density at radius 2 is 1.86 bits per heavy atom. The summed E-state index contributed by atoms with van der Waals surface area (Å²) >= 11 is 0. The van der Waals surface area contributed by atoms with Crippen LogP contribution in [0.4, 0.5) is 4.79 Å². The average molecular weight is 293 g/mol. The van der Waals surface area contributed by atoms with E-state index >= 15 is 0 Å². The zero-order valence-electron chi connectivity index (χ0n) is 12.5. The Labute approximate surface area is 125 Å². The molecule has 6 heteroatoms. The van der Waals surface area contributed by atoms with Gasteiger partial charge in [-0.05, 0) is 38.0 Å². The summed E-state index contributed by atoms with van der Waals surface area (Å²) in [5, 5.41) is 5.40. The van der Waals surface area contributed by atoms with Crippen LogP contribution in [0.1, 0.15) is 32.3 Å². The van der Waals surface area contributed by atoms with Crippen LogP contribution in [0.2, 0.25) is 0 Å². The smallest absolute Gasteiger partial charge is 0.315 e. The van der Waals surface area contributed by atoms with Gasteiger partial charge in [0.25, 0.3) is 0 Å². The van der Waals surface area contributed by atoms with E-state index in [2.05, 4.69) is 10.6 Å². The standard InChI is InChI=1S/C15H23N3O3/c1-11(2)21-13-7-5-12(6-8-13)10-18-15(20)17-9-3-4-14(16)19/h5-8,11H,3-4,9-10H2,1-2H3,(H2,16,19)(H2,17,18,20). The van der Waals surface area contributed by atoms with Crippen molar-refractivity contribution < 1.29 is 14.3 Å². The zero-order chi connectivity index (χ0) is 15.7. The summed E-state index contributed by atoms with van der Waals surface area (Å²) in [7, 11) is 0. The fourth-order valence-electron chi connectivity index (χ4n) is 1.67. The van der Waals surface area contributed by atoms with Crippen LogP contribution < -0.4 is 21.1 Å². The maximum atomic E-state index is 11.5. The Balaban J connectivity index is 2.24. The second kappa shape index (κ2) is 8.84. The molecule has 0 saturated carbocycles. The number of carbonyl (C=O) groups is 2. The van der Waals surface area contributed by atoms with E-state index in [4.69, 9.17) is 10.5 Å². The normalized spacial score (nSPS) is 10.2. The van der Waals surface area contributed by atoms with Gasteiger partial charge in [0.05, 0.1) is 6.10 Å². The minimum absolute atomic E-state index is 0.139. The summed E-state index contributed by atoms with van der Waals surface area (Å²) in [5.41, 5.74) is 5.99. The second-order valence-electron chi connectivity index (χ2n) is 4.99. The van der Waals surface area contributed by atoms with Crippen LogP contribution in [0.5, 0.6) is 5.75 Å². The first kappa shape index (κ1) is 16.8. The average Bonchev–Trinajstić information content (AvgIpc) is 2.42. The lowest BCUT2D eigenvalue weighted by Gasteiger charge is -2.11. The highest BCUT2D eigenvalue weighted by Crippen LogP contribution is 2.13. The van der Waals surface area contributed by atoms with Gasteiger partial charge in [0.1, 0.15) is 5.75 Å². The highest BCUT2D eigenvalue weighted by atomic mass is 16.5. The summed E-state index contributed by atoms with van der Waals surface area (Å²) in [6, 6.07) is 7.31. The molecule has 1 aromatic rings. The van der Waals surface area contributed by atoms with Crippen LogP contribution >= 0.6 is 0 Å². The van der Waals surface area contributed by atoms with Gasteiger partial charge in [-0.15, -0.1) is 0 Å². The van der Waals surface area contributed by atoms with Crippen LogP contribution in [0, 0.1) is 0 Å². The lowest BCUT2D eigenvalue weighted by Crippen LogP contribution is -2.35. The monoisotopic (exact) mass is 293 g/mol. The molecule has 0 aromatic heterocycles. The van der Waals surface area contributed by atoms with Crippen molar-refractivity contribution in [1.82, 2.24) is 10.6 Å². The molecule has 0 saturated heterocycles. The van der Waals surface area contributed by atoms with Crippen LogP contribution in [0.25, 0.3) is 0 Å². The number of amides is 3. The molecule has 0 radical (unpaired) electrons. The highest BCUT2D eigenvalue weighted by molar-refractivity contribution is 5.75. The molecule has 0 bridgehead atoms. The van der Waals surface area contributed by atoms with Gasteiger partial charge in [-0.3, -0.25) is 4.79 Å². The number of rotatable bonds is 8. The van der Waals surface area contributed by atoms with E-state index in [-0.39, 0.29) is 24.5 Å². The van der Waals surface area contributed by atoms with Crippen molar-refractivity contribution in [3.8, 4) is 5.75 Å². The van der Waals surface area contributed by atoms with E-state index in [1.54, 1.807) is 0 Å². The Hall–Kier alpha value is -2.24. The van der Waals surface area contributed by atoms with Crippen molar-refractivity contribution in [1.29, 1.82) is 0 Å². The van der Waals surface area contributed by atoms with Crippen molar-refractivity contribution in [3.05, 3.63) is 29.8 Å². The molecule has 0 aliphatic rings. The van der Waals surface area contributed by atoms with E-state index in [9.17, 15) is 9.59 Å². The third-order valence-corrected chi connectivity index (χ3v) is 2.63. The molecule has 0 heterocycles. The first-order valence-corrected chi connectivity index (χ1v) is 7.03. The SMILES string of the molecule is CC(C)Oc1ccc(CNC(=O)NCCCC(N)=O)cc1. The maximum absolute atomic E-state index is 11.5. The molecule has 3 amide bonds. The summed E-state index contributed by atoms with van der Waals surface area (Å²) in [6.45, 7) is 4.80. The number of hydrogen-bond donors (Lipinski definition) is 3. The molecule has 0 atom stereocenters. The lowest BCUT2D eigenvalue weighted by atomic mass is 10.2. The van der Waals surface area contributed by atoms with Gasteiger partial charge in [0, 0.05) is 19.5 Å². The van der Waals surface area contributed by atoms with Crippen LogP contribution in [0.15, 0.2) is 24.3 Å². The first-order chi connectivity index (χ1) is 9.97. The number of nitrogens with two attached hydrogens (primary N) is 1. The van der Waals surface area contributed by atoms with Gasteiger partial charge < -0.3 is 21.1 Å². The van der Waals surface area contributed by atoms with Crippen LogP contribution in [-0.4, -0.2) is 24.6 Å². The summed E-state index contributed by atoms with van der Waals surface area (Å²) in [4.78, 5) is 22.0. The number of benzene rings is 1. The van der Waals surface area contributed by atoms with Gasteiger partial charge in [-0.2, -0.15) is 0 Å². The van der Waals surface area contributed by atoms with E-state index in [0.717, 1.165) is 11.3 Å². The molecular formula is C15H23N3O3. The van der Waals surface area contributed by atoms with Gasteiger partial charge in [0.2, 0.25) is 5.91 Å². The van der Waals surface area contributed by atoms with Gasteiger partial charge in [-0.25, -0.2) is 4.79 Å². The summed E-state index contributed by atoms with van der Waals surface area (Å²) in [6.07, 6.45) is 0.960. The Kier molecular flexibility index (Phi) is 7.08. The fourth-order valence-corrected chi connectivity index (χ4v) is 1.67. The van der Waals surface area contributed by atoms with Gasteiger partial charge in [0.15, 0.2) is 0 Å². The minimum atomic E-state index is -0.360. The predicted octanol–water partition coefficient (Wildman–Crippen LogP) is 1.54. The number of ether oxygens (including phenoxy) is 1. The van der Waals surface area contributed by atoms with Crippen molar-refractivity contribution in [2.45, 2.75) is 39.3 Å².